The van der Waals surface area contributed by atoms with Crippen LogP contribution in [0.1, 0.15) is 56.4 Å². The van der Waals surface area contributed by atoms with E-state index in [0.29, 0.717) is 11.8 Å². The third kappa shape index (κ3) is 2.61. The van der Waals surface area contributed by atoms with Crippen molar-refractivity contribution in [1.82, 2.24) is 0 Å². The molecule has 0 radical (unpaired) electrons. The zero-order chi connectivity index (χ0) is 12.4. The van der Waals surface area contributed by atoms with Gasteiger partial charge in [0.15, 0.2) is 0 Å². The van der Waals surface area contributed by atoms with E-state index in [1.54, 1.807) is 0 Å². The highest BCUT2D eigenvalue weighted by atomic mass is 16.3. The molecule has 0 bridgehead atoms. The molecule has 0 aliphatic heterocycles. The van der Waals surface area contributed by atoms with Crippen LogP contribution in [0.5, 0.6) is 0 Å². The summed E-state index contributed by atoms with van der Waals surface area (Å²) in [5.74, 6) is 2.15. The molecule has 2 saturated carbocycles. The lowest BCUT2D eigenvalue weighted by Crippen LogP contribution is -2.31. The van der Waals surface area contributed by atoms with E-state index in [4.69, 9.17) is 0 Å². The van der Waals surface area contributed by atoms with Crippen molar-refractivity contribution in [3.63, 3.8) is 0 Å². The number of aliphatic hydroxyl groups excluding tert-OH is 1. The summed E-state index contributed by atoms with van der Waals surface area (Å²) in [5.41, 5.74) is 1.48. The molecule has 98 valence electrons. The number of benzene rings is 1. The second-order valence-corrected chi connectivity index (χ2v) is 6.28. The first-order valence-corrected chi connectivity index (χ1v) is 7.56. The third-order valence-corrected chi connectivity index (χ3v) is 5.07. The van der Waals surface area contributed by atoms with Gasteiger partial charge < -0.3 is 5.11 Å². The molecule has 2 aliphatic carbocycles. The first kappa shape index (κ1) is 12.2. The molecule has 1 N–H and O–H groups in total. The van der Waals surface area contributed by atoms with Crippen molar-refractivity contribution in [2.24, 2.45) is 11.8 Å². The lowest BCUT2D eigenvalue weighted by atomic mass is 9.70. The van der Waals surface area contributed by atoms with Gasteiger partial charge >= 0.3 is 0 Å². The molecule has 0 saturated heterocycles. The lowest BCUT2D eigenvalue weighted by Gasteiger charge is -2.37. The van der Waals surface area contributed by atoms with E-state index in [1.165, 1.54) is 37.7 Å². The van der Waals surface area contributed by atoms with Gasteiger partial charge in [0.05, 0.1) is 6.10 Å². The Kier molecular flexibility index (Phi) is 3.69. The minimum absolute atomic E-state index is 0.0365. The van der Waals surface area contributed by atoms with Crippen LogP contribution in [0.2, 0.25) is 0 Å². The van der Waals surface area contributed by atoms with Crippen LogP contribution in [0.15, 0.2) is 30.3 Å². The predicted molar refractivity (Wildman–Crippen MR) is 74.5 cm³/mol. The highest BCUT2D eigenvalue weighted by Crippen LogP contribution is 2.42. The number of hydrogen-bond donors (Lipinski definition) is 1. The summed E-state index contributed by atoms with van der Waals surface area (Å²) in [5, 5.41) is 10.2. The molecule has 3 unspecified atom stereocenters. The molecule has 0 aromatic heterocycles. The summed E-state index contributed by atoms with van der Waals surface area (Å²) >= 11 is 0. The molecule has 3 rings (SSSR count). The zero-order valence-corrected chi connectivity index (χ0v) is 11.1. The van der Waals surface area contributed by atoms with Crippen molar-refractivity contribution in [2.45, 2.75) is 57.0 Å². The molecular formula is C17H24O. The van der Waals surface area contributed by atoms with Crippen LogP contribution < -0.4 is 0 Å². The van der Waals surface area contributed by atoms with E-state index in [2.05, 4.69) is 30.3 Å². The molecule has 1 heteroatoms. The summed E-state index contributed by atoms with van der Waals surface area (Å²) in [6.45, 7) is 0. The van der Waals surface area contributed by atoms with Gasteiger partial charge in [-0.05, 0) is 49.0 Å². The maximum atomic E-state index is 10.2. The lowest BCUT2D eigenvalue weighted by molar-refractivity contribution is 0.0400. The number of hydrogen-bond acceptors (Lipinski definition) is 1. The second kappa shape index (κ2) is 5.44. The first-order valence-electron chi connectivity index (χ1n) is 7.56. The maximum absolute atomic E-state index is 10.2. The normalized spacial score (nSPS) is 33.1. The van der Waals surface area contributed by atoms with Gasteiger partial charge in [0.1, 0.15) is 0 Å². The zero-order valence-electron chi connectivity index (χ0n) is 11.1. The van der Waals surface area contributed by atoms with Gasteiger partial charge in [0.2, 0.25) is 0 Å². The molecule has 1 aromatic carbocycles. The Balaban J connectivity index is 1.64. The van der Waals surface area contributed by atoms with Crippen molar-refractivity contribution < 1.29 is 5.11 Å². The van der Waals surface area contributed by atoms with E-state index < -0.39 is 0 Å². The van der Waals surface area contributed by atoms with Crippen LogP contribution >= 0.6 is 0 Å². The molecule has 0 spiro atoms. The molecular weight excluding hydrogens is 220 g/mol. The molecule has 3 atom stereocenters. The van der Waals surface area contributed by atoms with Crippen molar-refractivity contribution in [1.29, 1.82) is 0 Å². The van der Waals surface area contributed by atoms with Crippen LogP contribution in [-0.4, -0.2) is 11.2 Å². The topological polar surface area (TPSA) is 20.2 Å². The van der Waals surface area contributed by atoms with Gasteiger partial charge in [-0.15, -0.1) is 0 Å². The van der Waals surface area contributed by atoms with Gasteiger partial charge in [0.25, 0.3) is 0 Å². The number of rotatable bonds is 3. The van der Waals surface area contributed by atoms with Gasteiger partial charge in [-0.1, -0.05) is 49.6 Å². The first-order chi connectivity index (χ1) is 8.83. The molecule has 2 aliphatic rings. The van der Waals surface area contributed by atoms with Crippen molar-refractivity contribution in [3.05, 3.63) is 35.9 Å². The fraction of sp³-hybridized carbons (Fsp3) is 0.647. The Labute approximate surface area is 110 Å². The van der Waals surface area contributed by atoms with Crippen LogP contribution in [0.4, 0.5) is 0 Å². The molecule has 0 heterocycles. The molecule has 1 aromatic rings. The van der Waals surface area contributed by atoms with Gasteiger partial charge in [0, 0.05) is 0 Å². The smallest absolute Gasteiger partial charge is 0.0568 e. The van der Waals surface area contributed by atoms with Crippen molar-refractivity contribution in [3.8, 4) is 0 Å². The molecule has 0 amide bonds. The Hall–Kier alpha value is -0.820. The largest absolute Gasteiger partial charge is 0.393 e. The third-order valence-electron chi connectivity index (χ3n) is 5.07. The van der Waals surface area contributed by atoms with Gasteiger partial charge in [-0.3, -0.25) is 0 Å². The van der Waals surface area contributed by atoms with E-state index >= 15 is 0 Å². The Morgan fingerprint density at radius 3 is 2.44 bits per heavy atom. The summed E-state index contributed by atoms with van der Waals surface area (Å²) in [7, 11) is 0. The van der Waals surface area contributed by atoms with Crippen LogP contribution in [0, 0.1) is 11.8 Å². The standard InChI is InChI=1S/C17H24O/c18-17-10-9-15(14-7-2-1-3-8-14)12-16(17)11-13-5-4-6-13/h1-3,7-8,13,15-18H,4-6,9-12H2. The Bertz CT molecular complexity index is 368. The Morgan fingerprint density at radius 1 is 1.00 bits per heavy atom. The summed E-state index contributed by atoms with van der Waals surface area (Å²) in [6.07, 6.45) is 8.80. The van der Waals surface area contributed by atoms with Crippen LogP contribution in [0.25, 0.3) is 0 Å². The quantitative estimate of drug-likeness (QED) is 0.848. The Morgan fingerprint density at radius 2 is 1.78 bits per heavy atom. The highest BCUT2D eigenvalue weighted by molar-refractivity contribution is 5.20. The van der Waals surface area contributed by atoms with Crippen LogP contribution in [0.3, 0.4) is 0 Å². The maximum Gasteiger partial charge on any atom is 0.0568 e. The van der Waals surface area contributed by atoms with Gasteiger partial charge in [-0.2, -0.15) is 0 Å². The average Bonchev–Trinajstić information content (AvgIpc) is 2.37. The van der Waals surface area contributed by atoms with E-state index in [0.717, 1.165) is 18.8 Å². The van der Waals surface area contributed by atoms with Crippen molar-refractivity contribution >= 4 is 0 Å². The second-order valence-electron chi connectivity index (χ2n) is 6.28. The summed E-state index contributed by atoms with van der Waals surface area (Å²) < 4.78 is 0. The highest BCUT2D eigenvalue weighted by Gasteiger charge is 2.32. The molecule has 18 heavy (non-hydrogen) atoms. The summed E-state index contributed by atoms with van der Waals surface area (Å²) in [4.78, 5) is 0. The summed E-state index contributed by atoms with van der Waals surface area (Å²) in [6, 6.07) is 10.9. The average molecular weight is 244 g/mol. The predicted octanol–water partition coefficient (Wildman–Crippen LogP) is 4.12. The van der Waals surface area contributed by atoms with Gasteiger partial charge in [-0.25, -0.2) is 0 Å². The number of aliphatic hydroxyl groups is 1. The molecule has 2 fully saturated rings. The molecule has 1 nitrogen and oxygen atoms in total. The monoisotopic (exact) mass is 244 g/mol. The van der Waals surface area contributed by atoms with E-state index in [9.17, 15) is 5.11 Å². The fourth-order valence-electron chi connectivity index (χ4n) is 3.69. The van der Waals surface area contributed by atoms with Crippen LogP contribution in [-0.2, 0) is 0 Å². The van der Waals surface area contributed by atoms with Crippen molar-refractivity contribution in [2.75, 3.05) is 0 Å². The minimum atomic E-state index is -0.0365. The fourth-order valence-corrected chi connectivity index (χ4v) is 3.69. The van der Waals surface area contributed by atoms with E-state index in [1.807, 2.05) is 0 Å². The minimum Gasteiger partial charge on any atom is -0.393 e. The SMILES string of the molecule is OC1CCC(c2ccccc2)CC1CC1CCC1. The van der Waals surface area contributed by atoms with E-state index in [-0.39, 0.29) is 6.10 Å².